The molecule has 0 aliphatic heterocycles. The Kier molecular flexibility index (Phi) is 6.02. The average Bonchev–Trinajstić information content (AvgIpc) is 2.36. The van der Waals surface area contributed by atoms with Crippen LogP contribution >= 0.6 is 0 Å². The van der Waals surface area contributed by atoms with Gasteiger partial charge in [-0.1, -0.05) is 17.7 Å². The van der Waals surface area contributed by atoms with Crippen molar-refractivity contribution < 1.29 is 14.3 Å². The highest BCUT2D eigenvalue weighted by molar-refractivity contribution is 6.00. The summed E-state index contributed by atoms with van der Waals surface area (Å²) in [6.45, 7) is 6.94. The Balaban J connectivity index is 2.60. The van der Waals surface area contributed by atoms with Gasteiger partial charge in [-0.3, -0.25) is 4.79 Å². The molecule has 0 spiro atoms. The van der Waals surface area contributed by atoms with Crippen molar-refractivity contribution in [2.45, 2.75) is 33.3 Å². The predicted molar refractivity (Wildman–Crippen MR) is 72.2 cm³/mol. The van der Waals surface area contributed by atoms with Gasteiger partial charge in [-0.05, 0) is 38.8 Å². The molecule has 100 valence electrons. The number of ether oxygens (including phenoxy) is 2. The molecule has 0 bridgehead atoms. The lowest BCUT2D eigenvalue weighted by molar-refractivity contribution is 0.0404. The molecule has 3 nitrogen and oxygen atoms in total. The van der Waals surface area contributed by atoms with Gasteiger partial charge in [0.15, 0.2) is 5.78 Å². The van der Waals surface area contributed by atoms with Gasteiger partial charge in [0.25, 0.3) is 0 Å². The summed E-state index contributed by atoms with van der Waals surface area (Å²) in [5, 5.41) is 0. The maximum Gasteiger partial charge on any atom is 0.191 e. The van der Waals surface area contributed by atoms with Crippen molar-refractivity contribution in [3.05, 3.63) is 34.9 Å². The van der Waals surface area contributed by atoms with Crippen molar-refractivity contribution in [3.63, 3.8) is 0 Å². The highest BCUT2D eigenvalue weighted by atomic mass is 16.5. The van der Waals surface area contributed by atoms with Crippen LogP contribution in [0.3, 0.4) is 0 Å². The van der Waals surface area contributed by atoms with Crippen molar-refractivity contribution >= 4 is 5.78 Å². The minimum Gasteiger partial charge on any atom is -0.385 e. The van der Waals surface area contributed by atoms with Crippen molar-refractivity contribution in [1.82, 2.24) is 0 Å². The van der Waals surface area contributed by atoms with E-state index in [0.29, 0.717) is 13.2 Å². The lowest BCUT2D eigenvalue weighted by Gasteiger charge is -2.14. The fraction of sp³-hybridized carbons (Fsp3) is 0.533. The monoisotopic (exact) mass is 250 g/mol. The Bertz CT molecular complexity index is 399. The van der Waals surface area contributed by atoms with Crippen molar-refractivity contribution in [2.75, 3.05) is 20.3 Å². The molecule has 0 aliphatic carbocycles. The molecule has 1 rings (SSSR count). The smallest absolute Gasteiger partial charge is 0.191 e. The maximum absolute atomic E-state index is 12.2. The molecule has 1 aromatic rings. The van der Waals surface area contributed by atoms with E-state index in [9.17, 15) is 4.79 Å². The van der Waals surface area contributed by atoms with Gasteiger partial charge < -0.3 is 9.47 Å². The number of benzene rings is 1. The van der Waals surface area contributed by atoms with E-state index in [-0.39, 0.29) is 5.78 Å². The molecule has 0 fully saturated rings. The fourth-order valence-corrected chi connectivity index (χ4v) is 1.76. The molecule has 0 aromatic heterocycles. The first kappa shape index (κ1) is 14.9. The molecule has 3 heteroatoms. The van der Waals surface area contributed by atoms with Crippen LogP contribution in [0.5, 0.6) is 0 Å². The minimum atomic E-state index is -0.401. The Morgan fingerprint density at radius 1 is 1.28 bits per heavy atom. The number of Topliss-reactive ketones (excluding diaryl/α,β-unsaturated/α-hetero) is 1. The molecule has 1 aromatic carbocycles. The van der Waals surface area contributed by atoms with Gasteiger partial charge in [-0.15, -0.1) is 0 Å². The Morgan fingerprint density at radius 3 is 2.67 bits per heavy atom. The summed E-state index contributed by atoms with van der Waals surface area (Å²) in [7, 11) is 1.66. The number of carbonyl (C=O) groups excluding carboxylic acids is 1. The zero-order valence-corrected chi connectivity index (χ0v) is 11.7. The van der Waals surface area contributed by atoms with Crippen molar-refractivity contribution in [3.8, 4) is 0 Å². The normalized spacial score (nSPS) is 12.4. The zero-order valence-electron chi connectivity index (χ0n) is 11.7. The topological polar surface area (TPSA) is 35.5 Å². The summed E-state index contributed by atoms with van der Waals surface area (Å²) in [5.41, 5.74) is 2.85. The van der Waals surface area contributed by atoms with E-state index in [1.807, 2.05) is 32.0 Å². The van der Waals surface area contributed by atoms with E-state index >= 15 is 0 Å². The lowest BCUT2D eigenvalue weighted by Crippen LogP contribution is -2.22. The zero-order chi connectivity index (χ0) is 13.5. The number of rotatable bonds is 7. The Labute approximate surface area is 109 Å². The van der Waals surface area contributed by atoms with Crippen LogP contribution in [0, 0.1) is 13.8 Å². The number of hydrogen-bond acceptors (Lipinski definition) is 3. The van der Waals surface area contributed by atoms with E-state index in [1.54, 1.807) is 14.0 Å². The first-order chi connectivity index (χ1) is 8.56. The van der Waals surface area contributed by atoms with Crippen LogP contribution in [0.25, 0.3) is 0 Å². The molecule has 0 N–H and O–H groups in total. The molecule has 0 heterocycles. The summed E-state index contributed by atoms with van der Waals surface area (Å²) >= 11 is 0. The molecular formula is C15H22O3. The van der Waals surface area contributed by atoms with Crippen LogP contribution in [0.2, 0.25) is 0 Å². The third-order valence-corrected chi connectivity index (χ3v) is 2.89. The average molecular weight is 250 g/mol. The van der Waals surface area contributed by atoms with Gasteiger partial charge in [0.05, 0.1) is 0 Å². The lowest BCUT2D eigenvalue weighted by atomic mass is 9.99. The number of ketones is 1. The first-order valence-corrected chi connectivity index (χ1v) is 6.28. The highest BCUT2D eigenvalue weighted by Crippen LogP contribution is 2.14. The van der Waals surface area contributed by atoms with Gasteiger partial charge in [0, 0.05) is 25.9 Å². The van der Waals surface area contributed by atoms with Crippen LogP contribution in [0.1, 0.15) is 34.8 Å². The summed E-state index contributed by atoms with van der Waals surface area (Å²) in [6.07, 6.45) is 0.406. The van der Waals surface area contributed by atoms with Crippen LogP contribution in [0.4, 0.5) is 0 Å². The second-order valence-corrected chi connectivity index (χ2v) is 4.54. The Morgan fingerprint density at radius 2 is 2.00 bits per heavy atom. The largest absolute Gasteiger partial charge is 0.385 e. The quantitative estimate of drug-likeness (QED) is 0.551. The van der Waals surface area contributed by atoms with Gasteiger partial charge in [-0.25, -0.2) is 0 Å². The van der Waals surface area contributed by atoms with Crippen molar-refractivity contribution in [1.29, 1.82) is 0 Å². The fourth-order valence-electron chi connectivity index (χ4n) is 1.76. The number of aryl methyl sites for hydroxylation is 2. The number of hydrogen-bond donors (Lipinski definition) is 0. The van der Waals surface area contributed by atoms with Gasteiger partial charge in [0.1, 0.15) is 6.10 Å². The molecule has 18 heavy (non-hydrogen) atoms. The standard InChI is InChI=1S/C15H22O3/c1-11-6-7-12(2)14(10-11)15(16)13(3)18-9-5-8-17-4/h6-7,10,13H,5,8-9H2,1-4H3. The molecule has 0 aliphatic rings. The molecule has 0 saturated heterocycles. The van der Waals surface area contributed by atoms with Crippen LogP contribution in [0.15, 0.2) is 18.2 Å². The number of carbonyl (C=O) groups is 1. The molecule has 0 amide bonds. The second-order valence-electron chi connectivity index (χ2n) is 4.54. The molecular weight excluding hydrogens is 228 g/mol. The summed E-state index contributed by atoms with van der Waals surface area (Å²) in [5.74, 6) is 0.0496. The van der Waals surface area contributed by atoms with Crippen LogP contribution in [-0.4, -0.2) is 32.2 Å². The maximum atomic E-state index is 12.2. The molecule has 0 saturated carbocycles. The third-order valence-electron chi connectivity index (χ3n) is 2.89. The second kappa shape index (κ2) is 7.29. The van der Waals surface area contributed by atoms with E-state index in [0.717, 1.165) is 23.1 Å². The molecule has 0 radical (unpaired) electrons. The van der Waals surface area contributed by atoms with E-state index < -0.39 is 6.10 Å². The SMILES string of the molecule is COCCCOC(C)C(=O)c1cc(C)ccc1C. The summed E-state index contributed by atoms with van der Waals surface area (Å²) < 4.78 is 10.5. The first-order valence-electron chi connectivity index (χ1n) is 6.28. The van der Waals surface area contributed by atoms with Gasteiger partial charge >= 0.3 is 0 Å². The van der Waals surface area contributed by atoms with Crippen LogP contribution < -0.4 is 0 Å². The predicted octanol–water partition coefficient (Wildman–Crippen LogP) is 2.93. The number of methoxy groups -OCH3 is 1. The molecule has 1 unspecified atom stereocenters. The van der Waals surface area contributed by atoms with E-state index in [1.165, 1.54) is 0 Å². The Hall–Kier alpha value is -1.19. The molecule has 1 atom stereocenters. The van der Waals surface area contributed by atoms with Gasteiger partial charge in [-0.2, -0.15) is 0 Å². The summed E-state index contributed by atoms with van der Waals surface area (Å²) in [6, 6.07) is 5.91. The summed E-state index contributed by atoms with van der Waals surface area (Å²) in [4.78, 5) is 12.2. The van der Waals surface area contributed by atoms with Gasteiger partial charge in [0.2, 0.25) is 0 Å². The highest BCUT2D eigenvalue weighted by Gasteiger charge is 2.17. The van der Waals surface area contributed by atoms with Crippen molar-refractivity contribution in [2.24, 2.45) is 0 Å². The van der Waals surface area contributed by atoms with E-state index in [2.05, 4.69) is 0 Å². The minimum absolute atomic E-state index is 0.0496. The van der Waals surface area contributed by atoms with Crippen LogP contribution in [-0.2, 0) is 9.47 Å². The third kappa shape index (κ3) is 4.24. The van der Waals surface area contributed by atoms with E-state index in [4.69, 9.17) is 9.47 Å².